The monoisotopic (exact) mass is 405 g/mol. The highest BCUT2D eigenvalue weighted by molar-refractivity contribution is 5.37. The van der Waals surface area contributed by atoms with Crippen LogP contribution in [0.15, 0.2) is 0 Å². The predicted molar refractivity (Wildman–Crippen MR) is 121 cm³/mol. The summed E-state index contributed by atoms with van der Waals surface area (Å²) in [6.45, 7) is 23.8. The summed E-state index contributed by atoms with van der Waals surface area (Å²) in [5, 5.41) is 12.2. The molecular formula is C23H51NO4. The molecule has 28 heavy (non-hydrogen) atoms. The van der Waals surface area contributed by atoms with E-state index in [4.69, 9.17) is 9.84 Å². The zero-order chi connectivity index (χ0) is 22.6. The molecule has 0 heterocycles. The van der Waals surface area contributed by atoms with Crippen molar-refractivity contribution >= 4 is 6.47 Å². The second kappa shape index (κ2) is 19.7. The van der Waals surface area contributed by atoms with Crippen molar-refractivity contribution in [2.24, 2.45) is 5.92 Å². The molecule has 2 N–H and O–H groups in total. The Kier molecular flexibility index (Phi) is 22.5. The van der Waals surface area contributed by atoms with Gasteiger partial charge in [-0.3, -0.25) is 4.79 Å². The molecule has 5 nitrogen and oxygen atoms in total. The lowest BCUT2D eigenvalue weighted by Gasteiger charge is -2.24. The molecule has 0 aromatic rings. The lowest BCUT2D eigenvalue weighted by atomic mass is 10.0. The van der Waals surface area contributed by atoms with Gasteiger partial charge in [0.1, 0.15) is 0 Å². The second-order valence-electron chi connectivity index (χ2n) is 8.88. The lowest BCUT2D eigenvalue weighted by molar-refractivity contribution is -0.132. The molecule has 0 spiro atoms. The summed E-state index contributed by atoms with van der Waals surface area (Å²) in [5.74, 6) is 0.815. The minimum Gasteiger partial charge on any atom is -0.465 e. The molecule has 0 saturated carbocycles. The largest absolute Gasteiger partial charge is 0.465 e. The average molecular weight is 406 g/mol. The van der Waals surface area contributed by atoms with Crippen molar-refractivity contribution in [2.45, 2.75) is 119 Å². The molecule has 0 aliphatic carbocycles. The van der Waals surface area contributed by atoms with Crippen LogP contribution in [0.2, 0.25) is 0 Å². The number of rotatable bonds is 13. The summed E-state index contributed by atoms with van der Waals surface area (Å²) in [6, 6.07) is 0. The molecule has 0 aliphatic heterocycles. The first-order chi connectivity index (χ1) is 12.9. The fourth-order valence-corrected chi connectivity index (χ4v) is 1.74. The Hall–Kier alpha value is -0.650. The van der Waals surface area contributed by atoms with Crippen molar-refractivity contribution in [2.75, 3.05) is 19.8 Å². The van der Waals surface area contributed by atoms with Gasteiger partial charge in [-0.2, -0.15) is 0 Å². The van der Waals surface area contributed by atoms with Gasteiger partial charge >= 0.3 is 0 Å². The fourth-order valence-electron chi connectivity index (χ4n) is 1.74. The van der Waals surface area contributed by atoms with E-state index in [0.717, 1.165) is 31.9 Å². The Balaban J connectivity index is -0.000000343. The highest BCUT2D eigenvalue weighted by Crippen LogP contribution is 2.13. The summed E-state index contributed by atoms with van der Waals surface area (Å²) < 4.78 is 9.97. The van der Waals surface area contributed by atoms with Crippen molar-refractivity contribution in [1.29, 1.82) is 0 Å². The molecule has 0 fully saturated rings. The summed E-state index contributed by atoms with van der Waals surface area (Å²) >= 11 is 0. The number of hydrogen-bond acceptors (Lipinski definition) is 5. The van der Waals surface area contributed by atoms with Crippen LogP contribution in [-0.2, 0) is 14.3 Å². The molecule has 0 rings (SSSR count). The highest BCUT2D eigenvalue weighted by atomic mass is 16.5. The first-order valence-electron chi connectivity index (χ1n) is 11.0. The second-order valence-corrected chi connectivity index (χ2v) is 8.88. The van der Waals surface area contributed by atoms with E-state index in [9.17, 15) is 4.79 Å². The normalized spacial score (nSPS) is 12.4. The van der Waals surface area contributed by atoms with E-state index in [-0.39, 0.29) is 18.3 Å². The van der Waals surface area contributed by atoms with Crippen LogP contribution in [0.25, 0.3) is 0 Å². The molecule has 1 unspecified atom stereocenters. The molecule has 0 amide bonds. The lowest BCUT2D eigenvalue weighted by Crippen LogP contribution is -2.39. The fraction of sp³-hybridized carbons (Fsp3) is 0.957. The topological polar surface area (TPSA) is 67.8 Å². The molecule has 0 bridgehead atoms. The Morgan fingerprint density at radius 3 is 1.96 bits per heavy atom. The highest BCUT2D eigenvalue weighted by Gasteiger charge is 2.16. The van der Waals surface area contributed by atoms with Gasteiger partial charge in [0.2, 0.25) is 0 Å². The van der Waals surface area contributed by atoms with Gasteiger partial charge in [-0.25, -0.2) is 0 Å². The van der Waals surface area contributed by atoms with Crippen LogP contribution in [0.1, 0.15) is 101 Å². The number of hydrogen-bond donors (Lipinski definition) is 2. The third kappa shape index (κ3) is 27.6. The van der Waals surface area contributed by atoms with Gasteiger partial charge in [-0.05, 0) is 79.2 Å². The van der Waals surface area contributed by atoms with Crippen molar-refractivity contribution in [1.82, 2.24) is 5.32 Å². The minimum atomic E-state index is -0.148. The van der Waals surface area contributed by atoms with Crippen LogP contribution in [0.4, 0.5) is 0 Å². The van der Waals surface area contributed by atoms with Gasteiger partial charge in [0, 0.05) is 18.8 Å². The van der Waals surface area contributed by atoms with Crippen LogP contribution < -0.4 is 5.32 Å². The summed E-state index contributed by atoms with van der Waals surface area (Å²) in [5.41, 5.74) is 0.180. The summed E-state index contributed by atoms with van der Waals surface area (Å²) in [6.07, 6.45) is 5.20. The Labute approximate surface area is 176 Å². The maximum absolute atomic E-state index is 9.55. The zero-order valence-electron chi connectivity index (χ0n) is 20.6. The van der Waals surface area contributed by atoms with E-state index >= 15 is 0 Å². The Bertz CT molecular complexity index is 331. The standard InChI is InChI=1S/C10H23N.C8H18O2.C5H10O2/c1-6-10(4,5)11-8-7-9(2)3;1-4-7-10-8(2,3)5-6-9;1-3-5(2)7-4-6/h9,11H,6-8H2,1-5H3;9H,4-7H2,1-3H3;4-5H,3H2,1-2H3. The van der Waals surface area contributed by atoms with Gasteiger partial charge in [0.25, 0.3) is 6.47 Å². The van der Waals surface area contributed by atoms with E-state index in [0.29, 0.717) is 18.4 Å². The smallest absolute Gasteiger partial charge is 0.293 e. The summed E-state index contributed by atoms with van der Waals surface area (Å²) in [4.78, 5) is 9.55. The van der Waals surface area contributed by atoms with Crippen LogP contribution >= 0.6 is 0 Å². The van der Waals surface area contributed by atoms with Crippen molar-refractivity contribution in [3.8, 4) is 0 Å². The molecule has 0 saturated heterocycles. The number of carbonyl (C=O) groups excluding carboxylic acids is 1. The quantitative estimate of drug-likeness (QED) is 0.405. The Morgan fingerprint density at radius 1 is 1.07 bits per heavy atom. The van der Waals surface area contributed by atoms with Crippen molar-refractivity contribution < 1.29 is 19.4 Å². The molecule has 0 aliphatic rings. The number of nitrogens with one attached hydrogen (secondary N) is 1. The van der Waals surface area contributed by atoms with E-state index in [1.54, 1.807) is 0 Å². The van der Waals surface area contributed by atoms with Crippen LogP contribution in [0.5, 0.6) is 0 Å². The van der Waals surface area contributed by atoms with Gasteiger partial charge in [-0.15, -0.1) is 0 Å². The van der Waals surface area contributed by atoms with E-state index < -0.39 is 0 Å². The minimum absolute atomic E-state index is 0.0810. The molecular weight excluding hydrogens is 354 g/mol. The number of aliphatic hydroxyl groups is 1. The molecule has 1 atom stereocenters. The SMILES string of the molecule is CCC(C)(C)NCCC(C)C.CCC(C)OC=O.CCCOC(C)(C)CCO. The molecule has 0 aromatic carbocycles. The maximum atomic E-state index is 9.55. The maximum Gasteiger partial charge on any atom is 0.293 e. The van der Waals surface area contributed by atoms with Crippen LogP contribution in [0.3, 0.4) is 0 Å². The molecule has 0 radical (unpaired) electrons. The Morgan fingerprint density at radius 2 is 1.64 bits per heavy atom. The number of aliphatic hydroxyl groups excluding tert-OH is 1. The van der Waals surface area contributed by atoms with E-state index in [1.165, 1.54) is 12.8 Å². The first-order valence-corrected chi connectivity index (χ1v) is 11.0. The number of carbonyl (C=O) groups is 1. The van der Waals surface area contributed by atoms with Crippen molar-refractivity contribution in [3.63, 3.8) is 0 Å². The first kappa shape index (κ1) is 32.0. The van der Waals surface area contributed by atoms with Crippen LogP contribution in [0, 0.1) is 5.92 Å². The molecule has 5 heteroatoms. The third-order valence-electron chi connectivity index (χ3n) is 4.48. The number of ether oxygens (including phenoxy) is 2. The average Bonchev–Trinajstić information content (AvgIpc) is 2.61. The van der Waals surface area contributed by atoms with E-state index in [2.05, 4.69) is 51.6 Å². The zero-order valence-corrected chi connectivity index (χ0v) is 20.6. The van der Waals surface area contributed by atoms with Crippen molar-refractivity contribution in [3.05, 3.63) is 0 Å². The van der Waals surface area contributed by atoms with Gasteiger partial charge < -0.3 is 19.9 Å². The van der Waals surface area contributed by atoms with Gasteiger partial charge in [-0.1, -0.05) is 34.6 Å². The van der Waals surface area contributed by atoms with E-state index in [1.807, 2.05) is 27.7 Å². The van der Waals surface area contributed by atoms with Crippen LogP contribution in [-0.4, -0.2) is 48.6 Å². The predicted octanol–water partition coefficient (Wildman–Crippen LogP) is 5.34. The third-order valence-corrected chi connectivity index (χ3v) is 4.48. The van der Waals surface area contributed by atoms with Gasteiger partial charge in [0.05, 0.1) is 11.7 Å². The molecule has 172 valence electrons. The molecule has 0 aromatic heterocycles. The summed E-state index contributed by atoms with van der Waals surface area (Å²) in [7, 11) is 0. The van der Waals surface area contributed by atoms with Gasteiger partial charge in [0.15, 0.2) is 0 Å².